The zero-order chi connectivity index (χ0) is 23.5. The Morgan fingerprint density at radius 1 is 1.12 bits per heavy atom. The van der Waals surface area contributed by atoms with Crippen LogP contribution in [0.4, 0.5) is 4.79 Å². The van der Waals surface area contributed by atoms with Crippen molar-refractivity contribution in [3.8, 4) is 0 Å². The summed E-state index contributed by atoms with van der Waals surface area (Å²) >= 11 is 18.3. The average Bonchev–Trinajstić information content (AvgIpc) is 2.71. The van der Waals surface area contributed by atoms with E-state index < -0.39 is 11.0 Å². The molecule has 2 aromatic rings. The molecule has 0 atom stereocenters. The maximum atomic E-state index is 12.8. The molecule has 1 aromatic carbocycles. The molecule has 1 aromatic heterocycles. The number of amides is 2. The lowest BCUT2D eigenvalue weighted by molar-refractivity contribution is 0.0160. The zero-order valence-corrected chi connectivity index (χ0v) is 20.5. The second-order valence-corrected chi connectivity index (χ2v) is 10.1. The van der Waals surface area contributed by atoms with E-state index in [0.29, 0.717) is 48.2 Å². The van der Waals surface area contributed by atoms with Crippen molar-refractivity contribution >= 4 is 46.8 Å². The number of nitrogens with one attached hydrogen (secondary N) is 1. The van der Waals surface area contributed by atoms with Gasteiger partial charge in [0, 0.05) is 30.1 Å². The van der Waals surface area contributed by atoms with Crippen LogP contribution in [0.25, 0.3) is 0 Å². The van der Waals surface area contributed by atoms with E-state index in [-0.39, 0.29) is 17.0 Å². The molecule has 6 nitrogen and oxygen atoms in total. The largest absolute Gasteiger partial charge is 0.444 e. The molecule has 1 aliphatic heterocycles. The number of piperidine rings is 1. The summed E-state index contributed by atoms with van der Waals surface area (Å²) in [5, 5.41) is 4.11. The first-order valence-electron chi connectivity index (χ1n) is 10.3. The third-order valence-corrected chi connectivity index (χ3v) is 6.15. The highest BCUT2D eigenvalue weighted by Gasteiger charge is 2.40. The highest BCUT2D eigenvalue weighted by atomic mass is 35.5. The lowest BCUT2D eigenvalue weighted by Gasteiger charge is -2.41. The summed E-state index contributed by atoms with van der Waals surface area (Å²) in [6.45, 7) is 6.78. The first-order chi connectivity index (χ1) is 15.0. The number of rotatable bonds is 4. The fourth-order valence-electron chi connectivity index (χ4n) is 3.69. The van der Waals surface area contributed by atoms with E-state index in [1.54, 1.807) is 23.1 Å². The summed E-state index contributed by atoms with van der Waals surface area (Å²) < 4.78 is 5.50. The van der Waals surface area contributed by atoms with Gasteiger partial charge in [-0.3, -0.25) is 4.79 Å². The zero-order valence-electron chi connectivity index (χ0n) is 18.3. The van der Waals surface area contributed by atoms with Crippen LogP contribution in [0.1, 0.15) is 49.7 Å². The van der Waals surface area contributed by atoms with Gasteiger partial charge in [-0.15, -0.1) is 0 Å². The quantitative estimate of drug-likeness (QED) is 0.546. The predicted octanol–water partition coefficient (Wildman–Crippen LogP) is 5.74. The van der Waals surface area contributed by atoms with Crippen LogP contribution in [-0.4, -0.2) is 47.1 Å². The topological polar surface area (TPSA) is 71.5 Å². The molecule has 0 aliphatic carbocycles. The van der Waals surface area contributed by atoms with Crippen molar-refractivity contribution in [1.29, 1.82) is 0 Å². The summed E-state index contributed by atoms with van der Waals surface area (Å²) in [5.41, 5.74) is 0.0667. The molecule has 0 spiro atoms. The van der Waals surface area contributed by atoms with Crippen LogP contribution in [-0.2, 0) is 10.2 Å². The Labute approximate surface area is 203 Å². The van der Waals surface area contributed by atoms with E-state index in [1.807, 2.05) is 32.9 Å². The molecule has 32 heavy (non-hydrogen) atoms. The number of pyridine rings is 1. The molecule has 172 valence electrons. The second kappa shape index (κ2) is 9.86. The molecule has 0 saturated carbocycles. The number of nitrogens with zero attached hydrogens (tertiary/aromatic N) is 2. The molecule has 1 fully saturated rings. The minimum atomic E-state index is -0.564. The maximum Gasteiger partial charge on any atom is 0.410 e. The second-order valence-electron chi connectivity index (χ2n) is 8.90. The maximum absolute atomic E-state index is 12.8. The summed E-state index contributed by atoms with van der Waals surface area (Å²) in [4.78, 5) is 31.5. The Balaban J connectivity index is 1.78. The van der Waals surface area contributed by atoms with Crippen LogP contribution in [0, 0.1) is 0 Å². The third kappa shape index (κ3) is 6.06. The standard InChI is InChI=1S/C23H26Cl3N3O3/c1-22(2,3)32-21(31)29-11-9-23(10-12-29,18-5-4-6-19(26)28-18)14-27-20(30)16-8-7-15(24)13-17(16)25/h4-8,13H,9-12,14H2,1-3H3,(H,27,30). The van der Waals surface area contributed by atoms with Crippen molar-refractivity contribution in [1.82, 2.24) is 15.2 Å². The van der Waals surface area contributed by atoms with Gasteiger partial charge in [-0.25, -0.2) is 9.78 Å². The molecule has 3 rings (SSSR count). The molecular weight excluding hydrogens is 473 g/mol. The number of benzene rings is 1. The van der Waals surface area contributed by atoms with Gasteiger partial charge >= 0.3 is 6.09 Å². The normalized spacial score (nSPS) is 15.9. The smallest absolute Gasteiger partial charge is 0.410 e. The van der Waals surface area contributed by atoms with Gasteiger partial charge in [0.05, 0.1) is 16.3 Å². The summed E-state index contributed by atoms with van der Waals surface area (Å²) in [5.74, 6) is -0.303. The monoisotopic (exact) mass is 497 g/mol. The molecule has 2 amide bonds. The van der Waals surface area contributed by atoms with Crippen molar-refractivity contribution in [2.24, 2.45) is 0 Å². The fraction of sp³-hybridized carbons (Fsp3) is 0.435. The van der Waals surface area contributed by atoms with Gasteiger partial charge in [-0.2, -0.15) is 0 Å². The summed E-state index contributed by atoms with van der Waals surface area (Å²) in [6.07, 6.45) is 0.838. The molecule has 0 radical (unpaired) electrons. The van der Waals surface area contributed by atoms with Crippen LogP contribution >= 0.6 is 34.8 Å². The van der Waals surface area contributed by atoms with Gasteiger partial charge in [0.15, 0.2) is 0 Å². The van der Waals surface area contributed by atoms with Crippen molar-refractivity contribution in [2.45, 2.75) is 44.6 Å². The van der Waals surface area contributed by atoms with E-state index in [1.165, 1.54) is 6.07 Å². The molecule has 9 heteroatoms. The Hall–Kier alpha value is -2.02. The predicted molar refractivity (Wildman–Crippen MR) is 127 cm³/mol. The van der Waals surface area contributed by atoms with Gasteiger partial charge in [-0.05, 0) is 63.9 Å². The fourth-order valence-corrected chi connectivity index (χ4v) is 4.35. The van der Waals surface area contributed by atoms with E-state index in [4.69, 9.17) is 39.5 Å². The molecule has 0 unspecified atom stereocenters. The highest BCUT2D eigenvalue weighted by Crippen LogP contribution is 2.35. The van der Waals surface area contributed by atoms with Gasteiger partial charge in [0.25, 0.3) is 5.91 Å². The van der Waals surface area contributed by atoms with E-state index in [9.17, 15) is 9.59 Å². The molecular formula is C23H26Cl3N3O3. The van der Waals surface area contributed by atoms with Crippen LogP contribution in [0.2, 0.25) is 15.2 Å². The lowest BCUT2D eigenvalue weighted by Crippen LogP contribution is -2.51. The molecule has 1 saturated heterocycles. The molecule has 2 heterocycles. The number of hydrogen-bond donors (Lipinski definition) is 1. The first kappa shape index (κ1) is 24.6. The number of carbonyl (C=O) groups excluding carboxylic acids is 2. The minimum Gasteiger partial charge on any atom is -0.444 e. The minimum absolute atomic E-state index is 0.282. The third-order valence-electron chi connectivity index (χ3n) is 5.39. The van der Waals surface area contributed by atoms with E-state index >= 15 is 0 Å². The van der Waals surface area contributed by atoms with Gasteiger partial charge in [0.1, 0.15) is 10.8 Å². The number of ether oxygens (including phenoxy) is 1. The SMILES string of the molecule is CC(C)(C)OC(=O)N1CCC(CNC(=O)c2ccc(Cl)cc2Cl)(c2cccc(Cl)n2)CC1. The van der Waals surface area contributed by atoms with Crippen LogP contribution < -0.4 is 5.32 Å². The number of likely N-dealkylation sites (tertiary alicyclic amines) is 1. The van der Waals surface area contributed by atoms with E-state index in [0.717, 1.165) is 5.69 Å². The number of hydrogen-bond acceptors (Lipinski definition) is 4. The Bertz CT molecular complexity index is 999. The van der Waals surface area contributed by atoms with Gasteiger partial charge in [0.2, 0.25) is 0 Å². The Morgan fingerprint density at radius 3 is 2.41 bits per heavy atom. The summed E-state index contributed by atoms with van der Waals surface area (Å²) in [6, 6.07) is 10.2. The van der Waals surface area contributed by atoms with Crippen molar-refractivity contribution in [2.75, 3.05) is 19.6 Å². The lowest BCUT2D eigenvalue weighted by atomic mass is 9.75. The number of carbonyl (C=O) groups is 2. The van der Waals surface area contributed by atoms with Crippen molar-refractivity contribution < 1.29 is 14.3 Å². The molecule has 0 bridgehead atoms. The highest BCUT2D eigenvalue weighted by molar-refractivity contribution is 6.36. The van der Waals surface area contributed by atoms with Gasteiger partial charge < -0.3 is 15.0 Å². The van der Waals surface area contributed by atoms with Crippen LogP contribution in [0.3, 0.4) is 0 Å². The molecule has 1 N–H and O–H groups in total. The Morgan fingerprint density at radius 2 is 1.81 bits per heavy atom. The average molecular weight is 499 g/mol. The number of halogens is 3. The van der Waals surface area contributed by atoms with Gasteiger partial charge in [-0.1, -0.05) is 40.9 Å². The van der Waals surface area contributed by atoms with Crippen molar-refractivity contribution in [3.05, 3.63) is 62.9 Å². The van der Waals surface area contributed by atoms with Crippen LogP contribution in [0.5, 0.6) is 0 Å². The summed E-state index contributed by atoms with van der Waals surface area (Å²) in [7, 11) is 0. The van der Waals surface area contributed by atoms with Crippen LogP contribution in [0.15, 0.2) is 36.4 Å². The Kier molecular flexibility index (Phi) is 7.58. The molecule has 1 aliphatic rings. The number of aromatic nitrogens is 1. The first-order valence-corrected chi connectivity index (χ1v) is 11.5. The van der Waals surface area contributed by atoms with E-state index in [2.05, 4.69) is 10.3 Å². The van der Waals surface area contributed by atoms with Crippen molar-refractivity contribution in [3.63, 3.8) is 0 Å².